The zero-order valence-electron chi connectivity index (χ0n) is 8.61. The van der Waals surface area contributed by atoms with Crippen molar-refractivity contribution in [2.75, 3.05) is 24.6 Å². The topological polar surface area (TPSA) is 54.5 Å². The number of hydrogen-bond acceptors (Lipinski definition) is 3. The molecule has 5 heteroatoms. The van der Waals surface area contributed by atoms with Crippen molar-refractivity contribution in [3.63, 3.8) is 0 Å². The Hall–Kier alpha value is -1.02. The van der Waals surface area contributed by atoms with Gasteiger partial charge in [0.1, 0.15) is 11.5 Å². The van der Waals surface area contributed by atoms with E-state index in [1.54, 1.807) is 4.90 Å². The highest BCUT2D eigenvalue weighted by molar-refractivity contribution is 7.92. The van der Waals surface area contributed by atoms with Crippen LogP contribution in [-0.2, 0) is 14.6 Å². The lowest BCUT2D eigenvalue weighted by Gasteiger charge is -2.26. The molecular weight excluding hydrogens is 214 g/mol. The molecule has 0 atom stereocenters. The van der Waals surface area contributed by atoms with E-state index in [2.05, 4.69) is 5.92 Å². The van der Waals surface area contributed by atoms with Gasteiger partial charge in [-0.25, -0.2) is 8.42 Å². The summed E-state index contributed by atoms with van der Waals surface area (Å²) in [5.74, 6) is 0.941. The molecule has 0 N–H and O–H groups in total. The smallest absolute Gasteiger partial charge is 0.237 e. The maximum atomic E-state index is 11.6. The van der Waals surface area contributed by atoms with Crippen LogP contribution in [0.5, 0.6) is 0 Å². The fraction of sp³-hybridized carbons (Fsp3) is 0.700. The van der Waals surface area contributed by atoms with Gasteiger partial charge in [0.2, 0.25) is 5.91 Å². The van der Waals surface area contributed by atoms with Crippen LogP contribution in [-0.4, -0.2) is 43.8 Å². The number of piperidine rings is 1. The third-order valence-electron chi connectivity index (χ3n) is 2.36. The number of hydrogen-bond donors (Lipinski definition) is 0. The third kappa shape index (κ3) is 3.92. The molecule has 1 rings (SSSR count). The van der Waals surface area contributed by atoms with Gasteiger partial charge in [0, 0.05) is 13.1 Å². The Labute approximate surface area is 90.6 Å². The van der Waals surface area contributed by atoms with Crippen LogP contribution < -0.4 is 0 Å². The van der Waals surface area contributed by atoms with E-state index in [-0.39, 0.29) is 11.7 Å². The Kier molecular flexibility index (Phi) is 4.15. The Morgan fingerprint density at radius 3 is 2.40 bits per heavy atom. The summed E-state index contributed by atoms with van der Waals surface area (Å²) in [6.45, 7) is 1.34. The summed E-state index contributed by atoms with van der Waals surface area (Å²) in [5.41, 5.74) is 0. The molecule has 0 aromatic carbocycles. The minimum Gasteiger partial charge on any atom is -0.342 e. The van der Waals surface area contributed by atoms with Crippen LogP contribution in [0.1, 0.15) is 19.3 Å². The molecule has 0 bridgehead atoms. The monoisotopic (exact) mass is 229 g/mol. The van der Waals surface area contributed by atoms with Crippen molar-refractivity contribution in [2.24, 2.45) is 0 Å². The number of likely N-dealkylation sites (tertiary alicyclic amines) is 1. The van der Waals surface area contributed by atoms with Gasteiger partial charge in [0.15, 0.2) is 9.84 Å². The highest BCUT2D eigenvalue weighted by Crippen LogP contribution is 2.09. The summed E-state index contributed by atoms with van der Waals surface area (Å²) in [6, 6.07) is 0. The van der Waals surface area contributed by atoms with E-state index in [1.807, 2.05) is 0 Å². The van der Waals surface area contributed by atoms with Crippen molar-refractivity contribution in [3.05, 3.63) is 0 Å². The van der Waals surface area contributed by atoms with E-state index in [0.717, 1.165) is 19.3 Å². The molecule has 0 aromatic heterocycles. The van der Waals surface area contributed by atoms with Gasteiger partial charge in [-0.15, -0.1) is 6.42 Å². The first-order valence-electron chi connectivity index (χ1n) is 4.97. The van der Waals surface area contributed by atoms with E-state index in [1.165, 1.54) is 0 Å². The number of rotatable bonds is 3. The van der Waals surface area contributed by atoms with E-state index >= 15 is 0 Å². The van der Waals surface area contributed by atoms with Crippen LogP contribution >= 0.6 is 0 Å². The van der Waals surface area contributed by atoms with Crippen LogP contribution in [0.2, 0.25) is 0 Å². The molecule has 0 aliphatic carbocycles. The van der Waals surface area contributed by atoms with Crippen LogP contribution in [0.4, 0.5) is 0 Å². The molecule has 1 amide bonds. The van der Waals surface area contributed by atoms with Crippen LogP contribution in [0.3, 0.4) is 0 Å². The molecule has 0 unspecified atom stereocenters. The van der Waals surface area contributed by atoms with E-state index in [9.17, 15) is 13.2 Å². The first-order chi connectivity index (χ1) is 7.05. The summed E-state index contributed by atoms with van der Waals surface area (Å²) in [6.07, 6.45) is 7.95. The lowest BCUT2D eigenvalue weighted by Crippen LogP contribution is -2.39. The lowest BCUT2D eigenvalue weighted by atomic mass is 10.1. The Bertz CT molecular complexity index is 361. The van der Waals surface area contributed by atoms with Crippen molar-refractivity contribution in [3.8, 4) is 12.3 Å². The second kappa shape index (κ2) is 5.17. The first kappa shape index (κ1) is 12.1. The van der Waals surface area contributed by atoms with E-state index < -0.39 is 15.6 Å². The molecular formula is C10H15NO3S. The van der Waals surface area contributed by atoms with Gasteiger partial charge in [-0.1, -0.05) is 5.92 Å². The fourth-order valence-corrected chi connectivity index (χ4v) is 2.52. The zero-order valence-corrected chi connectivity index (χ0v) is 9.42. The van der Waals surface area contributed by atoms with Gasteiger partial charge in [-0.2, -0.15) is 0 Å². The van der Waals surface area contributed by atoms with Gasteiger partial charge in [-0.3, -0.25) is 4.79 Å². The van der Waals surface area contributed by atoms with Gasteiger partial charge in [0.25, 0.3) is 0 Å². The summed E-state index contributed by atoms with van der Waals surface area (Å²) in [5, 5.41) is 0. The van der Waals surface area contributed by atoms with Gasteiger partial charge < -0.3 is 4.90 Å². The van der Waals surface area contributed by atoms with Crippen LogP contribution in [0, 0.1) is 12.3 Å². The number of terminal acetylenes is 1. The molecule has 1 aliphatic heterocycles. The summed E-state index contributed by atoms with van der Waals surface area (Å²) >= 11 is 0. The lowest BCUT2D eigenvalue weighted by molar-refractivity contribution is -0.129. The molecule has 0 aromatic rings. The summed E-state index contributed by atoms with van der Waals surface area (Å²) in [7, 11) is -3.41. The van der Waals surface area contributed by atoms with Gasteiger partial charge in [-0.05, 0) is 19.3 Å². The van der Waals surface area contributed by atoms with E-state index in [4.69, 9.17) is 6.42 Å². The molecule has 84 valence electrons. The van der Waals surface area contributed by atoms with E-state index in [0.29, 0.717) is 13.1 Å². The minimum atomic E-state index is -3.41. The fourth-order valence-electron chi connectivity index (χ4n) is 1.60. The first-order valence-corrected chi connectivity index (χ1v) is 6.79. The molecule has 0 saturated carbocycles. The zero-order chi connectivity index (χ0) is 11.3. The number of carbonyl (C=O) groups is 1. The largest absolute Gasteiger partial charge is 0.342 e. The predicted molar refractivity (Wildman–Crippen MR) is 57.9 cm³/mol. The summed E-state index contributed by atoms with van der Waals surface area (Å²) in [4.78, 5) is 13.2. The molecule has 4 nitrogen and oxygen atoms in total. The predicted octanol–water partition coefficient (Wildman–Crippen LogP) is 0.0469. The average molecular weight is 229 g/mol. The highest BCUT2D eigenvalue weighted by atomic mass is 32.2. The molecule has 0 radical (unpaired) electrons. The number of nitrogens with zero attached hydrogens (tertiary/aromatic N) is 1. The molecule has 1 saturated heterocycles. The Morgan fingerprint density at radius 1 is 1.27 bits per heavy atom. The number of carbonyl (C=O) groups excluding carboxylic acids is 1. The third-order valence-corrected chi connectivity index (χ3v) is 3.65. The van der Waals surface area contributed by atoms with Gasteiger partial charge in [0.05, 0.1) is 0 Å². The highest BCUT2D eigenvalue weighted by Gasteiger charge is 2.22. The quantitative estimate of drug-likeness (QED) is 0.642. The second-order valence-corrected chi connectivity index (χ2v) is 5.74. The molecule has 15 heavy (non-hydrogen) atoms. The Morgan fingerprint density at radius 2 is 1.87 bits per heavy atom. The molecule has 1 aliphatic rings. The average Bonchev–Trinajstić information content (AvgIpc) is 2.18. The van der Waals surface area contributed by atoms with Crippen molar-refractivity contribution in [1.29, 1.82) is 0 Å². The van der Waals surface area contributed by atoms with Gasteiger partial charge >= 0.3 is 0 Å². The van der Waals surface area contributed by atoms with Crippen LogP contribution in [0.25, 0.3) is 0 Å². The molecule has 1 fully saturated rings. The summed E-state index contributed by atoms with van der Waals surface area (Å²) < 4.78 is 22.6. The maximum absolute atomic E-state index is 11.6. The van der Waals surface area contributed by atoms with Crippen molar-refractivity contribution >= 4 is 15.7 Å². The maximum Gasteiger partial charge on any atom is 0.237 e. The molecule has 0 spiro atoms. The van der Waals surface area contributed by atoms with Crippen molar-refractivity contribution < 1.29 is 13.2 Å². The standard InChI is InChI=1S/C10H15NO3S/c1-2-8-15(13,14)9-10(12)11-6-4-3-5-7-11/h1H,3-9H2. The van der Waals surface area contributed by atoms with Crippen molar-refractivity contribution in [1.82, 2.24) is 4.90 Å². The molecule has 1 heterocycles. The number of sulfone groups is 1. The number of amides is 1. The normalized spacial score (nSPS) is 17.1. The second-order valence-electron chi connectivity index (χ2n) is 3.68. The Balaban J connectivity index is 2.51. The SMILES string of the molecule is C#CCS(=O)(=O)CC(=O)N1CCCCC1. The van der Waals surface area contributed by atoms with Crippen LogP contribution in [0.15, 0.2) is 0 Å². The minimum absolute atomic E-state index is 0.315. The van der Waals surface area contributed by atoms with Crippen molar-refractivity contribution in [2.45, 2.75) is 19.3 Å².